The second-order valence-corrected chi connectivity index (χ2v) is 8.68. The molecule has 6 nitrogen and oxygen atoms in total. The molecule has 7 heteroatoms. The molecule has 0 saturated carbocycles. The van der Waals surface area contributed by atoms with Crippen molar-refractivity contribution in [2.45, 2.75) is 26.7 Å². The normalized spacial score (nSPS) is 14.3. The molecule has 4 rings (SSSR count). The number of hydrogen-bond donors (Lipinski definition) is 1. The molecule has 1 aliphatic heterocycles. The highest BCUT2D eigenvalue weighted by Gasteiger charge is 2.17. The summed E-state index contributed by atoms with van der Waals surface area (Å²) in [5.41, 5.74) is 3.35. The Bertz CT molecular complexity index is 1060. The molecular formula is C25H27ClN4O2. The molecule has 0 atom stereocenters. The first-order valence-electron chi connectivity index (χ1n) is 10.9. The van der Waals surface area contributed by atoms with Gasteiger partial charge in [-0.3, -0.25) is 4.79 Å². The highest BCUT2D eigenvalue weighted by molar-refractivity contribution is 6.31. The van der Waals surface area contributed by atoms with Gasteiger partial charge in [0, 0.05) is 29.4 Å². The summed E-state index contributed by atoms with van der Waals surface area (Å²) in [5.74, 6) is 2.09. The quantitative estimate of drug-likeness (QED) is 0.547. The number of amides is 1. The largest absolute Gasteiger partial charge is 0.484 e. The van der Waals surface area contributed by atoms with Crippen LogP contribution in [0.4, 0.5) is 11.5 Å². The molecule has 1 fully saturated rings. The van der Waals surface area contributed by atoms with Crippen molar-refractivity contribution in [3.8, 4) is 17.0 Å². The van der Waals surface area contributed by atoms with Crippen LogP contribution >= 0.6 is 11.6 Å². The number of ether oxygens (including phenoxy) is 1. The number of aryl methyl sites for hydroxylation is 1. The van der Waals surface area contributed by atoms with Crippen LogP contribution in [-0.4, -0.2) is 35.8 Å². The lowest BCUT2D eigenvalue weighted by Crippen LogP contribution is -2.33. The minimum atomic E-state index is -0.231. The minimum absolute atomic E-state index is 0.0783. The van der Waals surface area contributed by atoms with E-state index in [1.807, 2.05) is 49.4 Å². The van der Waals surface area contributed by atoms with Crippen LogP contribution in [-0.2, 0) is 4.79 Å². The van der Waals surface area contributed by atoms with E-state index in [0.717, 1.165) is 41.6 Å². The number of halogens is 1. The summed E-state index contributed by atoms with van der Waals surface area (Å²) in [5, 5.41) is 12.3. The summed E-state index contributed by atoms with van der Waals surface area (Å²) in [7, 11) is 0. The summed E-state index contributed by atoms with van der Waals surface area (Å²) in [6, 6.07) is 16.9. The van der Waals surface area contributed by atoms with Crippen LogP contribution in [0.25, 0.3) is 11.3 Å². The van der Waals surface area contributed by atoms with Crippen molar-refractivity contribution in [1.29, 1.82) is 0 Å². The zero-order valence-corrected chi connectivity index (χ0v) is 19.1. The summed E-state index contributed by atoms with van der Waals surface area (Å²) < 4.78 is 5.54. The third-order valence-corrected chi connectivity index (χ3v) is 6.15. The Hall–Kier alpha value is -3.12. The molecule has 0 spiro atoms. The van der Waals surface area contributed by atoms with Gasteiger partial charge in [0.1, 0.15) is 5.75 Å². The second-order valence-electron chi connectivity index (χ2n) is 8.27. The van der Waals surface area contributed by atoms with Crippen LogP contribution in [0.5, 0.6) is 5.75 Å². The maximum absolute atomic E-state index is 12.2. The van der Waals surface area contributed by atoms with E-state index in [2.05, 4.69) is 27.3 Å². The first-order valence-corrected chi connectivity index (χ1v) is 11.2. The molecule has 0 radical (unpaired) electrons. The predicted octanol–water partition coefficient (Wildman–Crippen LogP) is 5.36. The van der Waals surface area contributed by atoms with E-state index in [0.29, 0.717) is 16.5 Å². The topological polar surface area (TPSA) is 67.3 Å². The van der Waals surface area contributed by atoms with Crippen LogP contribution in [0.1, 0.15) is 25.3 Å². The van der Waals surface area contributed by atoms with Crippen LogP contribution in [0.3, 0.4) is 0 Å². The van der Waals surface area contributed by atoms with E-state index in [1.165, 1.54) is 12.8 Å². The number of nitrogens with one attached hydrogen (secondary N) is 1. The average molecular weight is 451 g/mol. The third kappa shape index (κ3) is 5.56. The number of piperidine rings is 1. The SMILES string of the molecule is Cc1cc(OCC(=O)Nc2ccc(-c3ccc(N4CCC(C)CC4)nn3)cc2)ccc1Cl. The number of aromatic nitrogens is 2. The minimum Gasteiger partial charge on any atom is -0.484 e. The molecule has 1 amide bonds. The fourth-order valence-corrected chi connectivity index (χ4v) is 3.78. The number of hydrogen-bond acceptors (Lipinski definition) is 5. The Morgan fingerprint density at radius 1 is 1.09 bits per heavy atom. The van der Waals surface area contributed by atoms with Crippen molar-refractivity contribution >= 4 is 29.0 Å². The summed E-state index contributed by atoms with van der Waals surface area (Å²) in [6.07, 6.45) is 2.39. The molecule has 3 aromatic rings. The Morgan fingerprint density at radius 3 is 2.50 bits per heavy atom. The molecule has 0 aliphatic carbocycles. The molecule has 166 valence electrons. The molecule has 2 aromatic carbocycles. The fourth-order valence-electron chi connectivity index (χ4n) is 3.66. The Kier molecular flexibility index (Phi) is 6.90. The molecular weight excluding hydrogens is 424 g/mol. The molecule has 1 saturated heterocycles. The molecule has 2 heterocycles. The van der Waals surface area contributed by atoms with Gasteiger partial charge in [0.2, 0.25) is 0 Å². The Labute approximate surface area is 193 Å². The van der Waals surface area contributed by atoms with E-state index in [9.17, 15) is 4.79 Å². The lowest BCUT2D eigenvalue weighted by molar-refractivity contribution is -0.118. The van der Waals surface area contributed by atoms with Gasteiger partial charge in [-0.2, -0.15) is 0 Å². The van der Waals surface area contributed by atoms with Gasteiger partial charge < -0.3 is 15.0 Å². The monoisotopic (exact) mass is 450 g/mol. The van der Waals surface area contributed by atoms with E-state index < -0.39 is 0 Å². The molecule has 1 aliphatic rings. The van der Waals surface area contributed by atoms with Gasteiger partial charge in [0.25, 0.3) is 5.91 Å². The number of rotatable bonds is 6. The van der Waals surface area contributed by atoms with E-state index in [-0.39, 0.29) is 12.5 Å². The maximum atomic E-state index is 12.2. The molecule has 0 unspecified atom stereocenters. The highest BCUT2D eigenvalue weighted by Crippen LogP contribution is 2.24. The smallest absolute Gasteiger partial charge is 0.262 e. The van der Waals surface area contributed by atoms with Crippen LogP contribution in [0.2, 0.25) is 5.02 Å². The van der Waals surface area contributed by atoms with Crippen molar-refractivity contribution < 1.29 is 9.53 Å². The zero-order chi connectivity index (χ0) is 22.5. The fraction of sp³-hybridized carbons (Fsp3) is 0.320. The summed E-state index contributed by atoms with van der Waals surface area (Å²) in [6.45, 7) is 6.18. The van der Waals surface area contributed by atoms with Crippen molar-refractivity contribution in [3.05, 3.63) is 65.2 Å². The number of nitrogens with zero attached hydrogens (tertiary/aromatic N) is 3. The number of carbonyl (C=O) groups excluding carboxylic acids is 1. The lowest BCUT2D eigenvalue weighted by atomic mass is 9.99. The molecule has 32 heavy (non-hydrogen) atoms. The van der Waals surface area contributed by atoms with Crippen LogP contribution < -0.4 is 15.0 Å². The van der Waals surface area contributed by atoms with Crippen molar-refractivity contribution in [2.24, 2.45) is 5.92 Å². The number of carbonyl (C=O) groups is 1. The van der Waals surface area contributed by atoms with E-state index in [4.69, 9.17) is 16.3 Å². The summed E-state index contributed by atoms with van der Waals surface area (Å²) in [4.78, 5) is 14.5. The van der Waals surface area contributed by atoms with Gasteiger partial charge in [-0.1, -0.05) is 30.7 Å². The standard InChI is InChI=1S/C25H27ClN4O2/c1-17-11-13-30(14-12-17)24-10-9-23(28-29-24)19-3-5-20(6-4-19)27-25(31)16-32-21-7-8-22(26)18(2)15-21/h3-10,15,17H,11-14,16H2,1-2H3,(H,27,31). The predicted molar refractivity (Wildman–Crippen MR) is 128 cm³/mol. The Balaban J connectivity index is 1.31. The lowest BCUT2D eigenvalue weighted by Gasteiger charge is -2.30. The summed E-state index contributed by atoms with van der Waals surface area (Å²) >= 11 is 6.01. The number of anilines is 2. The highest BCUT2D eigenvalue weighted by atomic mass is 35.5. The van der Waals surface area contributed by atoms with Gasteiger partial charge in [-0.05, 0) is 73.7 Å². The van der Waals surface area contributed by atoms with Crippen LogP contribution in [0, 0.1) is 12.8 Å². The van der Waals surface area contributed by atoms with E-state index in [1.54, 1.807) is 12.1 Å². The van der Waals surface area contributed by atoms with Gasteiger partial charge in [-0.15, -0.1) is 10.2 Å². The zero-order valence-electron chi connectivity index (χ0n) is 18.3. The van der Waals surface area contributed by atoms with Gasteiger partial charge >= 0.3 is 0 Å². The maximum Gasteiger partial charge on any atom is 0.262 e. The van der Waals surface area contributed by atoms with Crippen molar-refractivity contribution in [3.63, 3.8) is 0 Å². The van der Waals surface area contributed by atoms with Crippen molar-refractivity contribution in [1.82, 2.24) is 10.2 Å². The average Bonchev–Trinajstić information content (AvgIpc) is 2.81. The Morgan fingerprint density at radius 2 is 1.84 bits per heavy atom. The van der Waals surface area contributed by atoms with Gasteiger partial charge in [0.15, 0.2) is 12.4 Å². The van der Waals surface area contributed by atoms with Gasteiger partial charge in [-0.25, -0.2) is 0 Å². The third-order valence-electron chi connectivity index (χ3n) is 5.72. The first kappa shape index (κ1) is 22.1. The second kappa shape index (κ2) is 10.0. The molecule has 1 aromatic heterocycles. The first-order chi connectivity index (χ1) is 15.5. The van der Waals surface area contributed by atoms with Gasteiger partial charge in [0.05, 0.1) is 5.69 Å². The van der Waals surface area contributed by atoms with Crippen molar-refractivity contribution in [2.75, 3.05) is 29.9 Å². The molecule has 0 bridgehead atoms. The van der Waals surface area contributed by atoms with Crippen LogP contribution in [0.15, 0.2) is 54.6 Å². The van der Waals surface area contributed by atoms with E-state index >= 15 is 0 Å². The number of benzene rings is 2. The molecule has 1 N–H and O–H groups in total.